The van der Waals surface area contributed by atoms with Crippen LogP contribution in [-0.2, 0) is 4.79 Å². The molecule has 3 nitrogen and oxygen atoms in total. The molecule has 2 aromatic rings. The Morgan fingerprint density at radius 3 is 2.24 bits per heavy atom. The lowest BCUT2D eigenvalue weighted by atomic mass is 9.84. The predicted octanol–water partition coefficient (Wildman–Crippen LogP) is 9.31. The third kappa shape index (κ3) is 9.05. The Morgan fingerprint density at radius 1 is 1.02 bits per heavy atom. The van der Waals surface area contributed by atoms with E-state index >= 15 is 0 Å². The van der Waals surface area contributed by atoms with Gasteiger partial charge in [-0.15, -0.1) is 6.58 Å². The Bertz CT molecular complexity index is 1240. The molecule has 4 unspecified atom stereocenters. The number of rotatable bonds is 12. The summed E-state index contributed by atoms with van der Waals surface area (Å²) in [5.74, 6) is 1.58. The van der Waals surface area contributed by atoms with Crippen molar-refractivity contribution in [3.05, 3.63) is 108 Å². The minimum atomic E-state index is -0.219. The summed E-state index contributed by atoms with van der Waals surface area (Å²) in [5.41, 5.74) is 5.96. The van der Waals surface area contributed by atoms with Crippen molar-refractivity contribution in [3.63, 3.8) is 0 Å². The molecule has 1 N–H and O–H groups in total. The van der Waals surface area contributed by atoms with Crippen LogP contribution in [0.3, 0.4) is 0 Å². The fourth-order valence-corrected chi connectivity index (χ4v) is 6.53. The van der Waals surface area contributed by atoms with E-state index in [4.69, 9.17) is 0 Å². The summed E-state index contributed by atoms with van der Waals surface area (Å²) < 4.78 is 13.8. The molecule has 2 aliphatic rings. The number of hydrogen-bond donors (Lipinski definition) is 1. The van der Waals surface area contributed by atoms with Crippen LogP contribution in [0.1, 0.15) is 77.8 Å². The monoisotopic (exact) mass is 570 g/mol. The van der Waals surface area contributed by atoms with Gasteiger partial charge in [0.15, 0.2) is 0 Å². The van der Waals surface area contributed by atoms with Crippen LogP contribution in [0, 0.1) is 29.5 Å². The molecule has 1 aliphatic heterocycles. The first-order valence-electron chi connectivity index (χ1n) is 15.6. The number of hydrogen-bond acceptors (Lipinski definition) is 3. The van der Waals surface area contributed by atoms with Gasteiger partial charge in [-0.05, 0) is 97.4 Å². The van der Waals surface area contributed by atoms with Gasteiger partial charge in [-0.2, -0.15) is 0 Å². The lowest BCUT2D eigenvalue weighted by Crippen LogP contribution is -2.38. The van der Waals surface area contributed by atoms with E-state index in [1.807, 2.05) is 25.2 Å². The van der Waals surface area contributed by atoms with Crippen molar-refractivity contribution in [1.29, 1.82) is 0 Å². The van der Waals surface area contributed by atoms with E-state index in [-0.39, 0.29) is 23.6 Å². The smallest absolute Gasteiger partial charge is 0.130 e. The van der Waals surface area contributed by atoms with E-state index < -0.39 is 0 Å². The number of carbonyl (C=O) groups excluding carboxylic acids is 1. The molecule has 0 bridgehead atoms. The van der Waals surface area contributed by atoms with Gasteiger partial charge in [-0.25, -0.2) is 4.39 Å². The van der Waals surface area contributed by atoms with Gasteiger partial charge in [0.2, 0.25) is 0 Å². The molecule has 1 heterocycles. The van der Waals surface area contributed by atoms with E-state index in [1.54, 1.807) is 19.1 Å². The topological polar surface area (TPSA) is 32.3 Å². The number of nitrogens with zero attached hydrogens (tertiary/aromatic N) is 1. The van der Waals surface area contributed by atoms with E-state index in [0.29, 0.717) is 24.2 Å². The highest BCUT2D eigenvalue weighted by molar-refractivity contribution is 5.94. The number of allylic oxidation sites excluding steroid dienone is 3. The second-order valence-corrected chi connectivity index (χ2v) is 12.4. The van der Waals surface area contributed by atoms with Crippen molar-refractivity contribution >= 4 is 17.1 Å². The summed E-state index contributed by atoms with van der Waals surface area (Å²) in [4.78, 5) is 14.1. The standard InChI is InChI=1S/C31H40FNO.C7H11N/c1-7-28-29(25-11-9-8-10-12-25)31(26-13-15-27(32)16-14-26)33(30(28)21(2)3)18-17-22(4)19-23(5)20-24(6)34;1-8-7-5-3-2-4-6-7/h7-16,21-23,28,30H,1,17-20H2,2-6H3;3,5-6,8H,2,4H2,1H3. The van der Waals surface area contributed by atoms with Crippen molar-refractivity contribution < 1.29 is 9.18 Å². The molecule has 0 amide bonds. The first kappa shape index (κ1) is 33.1. The molecule has 1 aliphatic carbocycles. The number of benzene rings is 2. The molecule has 2 aromatic carbocycles. The maximum Gasteiger partial charge on any atom is 0.130 e. The lowest BCUT2D eigenvalue weighted by molar-refractivity contribution is -0.117. The van der Waals surface area contributed by atoms with E-state index in [9.17, 15) is 9.18 Å². The number of Topliss-reactive ketones (excluding diaryl/α,β-unsaturated/α-hetero) is 1. The molecular formula is C38H51FN2O. The molecule has 4 atom stereocenters. The number of nitrogens with one attached hydrogen (secondary N) is 1. The number of likely N-dealkylation sites (N-methyl/N-ethyl adjacent to an activating group) is 1. The SMILES string of the molecule is C=CC1C(c2ccccc2)=C(c2ccc(F)cc2)N(CCC(C)CC(C)CC(C)=O)C1C(C)C.CNC1=CCCC=C1. The molecule has 0 fully saturated rings. The van der Waals surface area contributed by atoms with Crippen LogP contribution in [-0.4, -0.2) is 30.3 Å². The van der Waals surface area contributed by atoms with Crippen LogP contribution in [0.15, 0.2) is 91.2 Å². The highest BCUT2D eigenvalue weighted by Gasteiger charge is 2.41. The lowest BCUT2D eigenvalue weighted by Gasteiger charge is -2.35. The van der Waals surface area contributed by atoms with Crippen molar-refractivity contribution in [3.8, 4) is 0 Å². The van der Waals surface area contributed by atoms with Gasteiger partial charge in [0, 0.05) is 43.4 Å². The van der Waals surface area contributed by atoms with Crippen LogP contribution in [0.5, 0.6) is 0 Å². The average molecular weight is 571 g/mol. The zero-order chi connectivity index (χ0) is 30.6. The predicted molar refractivity (Wildman–Crippen MR) is 177 cm³/mol. The Labute approximate surface area is 254 Å². The van der Waals surface area contributed by atoms with Gasteiger partial charge >= 0.3 is 0 Å². The van der Waals surface area contributed by atoms with Crippen molar-refractivity contribution in [2.45, 2.75) is 72.8 Å². The van der Waals surface area contributed by atoms with Crippen LogP contribution < -0.4 is 5.32 Å². The van der Waals surface area contributed by atoms with Crippen molar-refractivity contribution in [1.82, 2.24) is 10.2 Å². The number of carbonyl (C=O) groups is 1. The van der Waals surface area contributed by atoms with Crippen LogP contribution >= 0.6 is 0 Å². The fourth-order valence-electron chi connectivity index (χ4n) is 6.53. The van der Waals surface area contributed by atoms with E-state index in [2.05, 4.69) is 93.1 Å². The minimum absolute atomic E-state index is 0.189. The number of ketones is 1. The van der Waals surface area contributed by atoms with Gasteiger partial charge in [0.05, 0.1) is 0 Å². The largest absolute Gasteiger partial charge is 0.388 e. The van der Waals surface area contributed by atoms with Crippen LogP contribution in [0.4, 0.5) is 4.39 Å². The van der Waals surface area contributed by atoms with Crippen molar-refractivity contribution in [2.75, 3.05) is 13.6 Å². The summed E-state index contributed by atoms with van der Waals surface area (Å²) in [7, 11) is 1.95. The summed E-state index contributed by atoms with van der Waals surface area (Å²) in [5, 5.41) is 3.08. The molecule has 0 spiro atoms. The van der Waals surface area contributed by atoms with Crippen molar-refractivity contribution in [2.24, 2.45) is 23.7 Å². The molecule has 4 heteroatoms. The zero-order valence-corrected chi connectivity index (χ0v) is 26.6. The fraction of sp³-hybridized carbons (Fsp3) is 0.447. The maximum absolute atomic E-state index is 13.8. The normalized spacial score (nSPS) is 19.6. The summed E-state index contributed by atoms with van der Waals surface area (Å²) in [6, 6.07) is 17.7. The summed E-state index contributed by atoms with van der Waals surface area (Å²) >= 11 is 0. The second kappa shape index (κ2) is 16.3. The molecule has 4 rings (SSSR count). The molecule has 226 valence electrons. The third-order valence-corrected chi connectivity index (χ3v) is 8.33. The molecule has 0 radical (unpaired) electrons. The Morgan fingerprint density at radius 2 is 1.71 bits per heavy atom. The first-order chi connectivity index (χ1) is 20.2. The van der Waals surface area contributed by atoms with Crippen LogP contribution in [0.2, 0.25) is 0 Å². The van der Waals surface area contributed by atoms with Crippen LogP contribution in [0.25, 0.3) is 11.3 Å². The highest BCUT2D eigenvalue weighted by Crippen LogP contribution is 2.48. The van der Waals surface area contributed by atoms with Gasteiger partial charge in [0.25, 0.3) is 0 Å². The van der Waals surface area contributed by atoms with Gasteiger partial charge in [-0.3, -0.25) is 0 Å². The molecule has 0 saturated heterocycles. The molecule has 42 heavy (non-hydrogen) atoms. The summed E-state index contributed by atoms with van der Waals surface area (Å²) in [6.45, 7) is 15.9. The van der Waals surface area contributed by atoms with Gasteiger partial charge in [0.1, 0.15) is 11.6 Å². The number of halogens is 1. The first-order valence-corrected chi connectivity index (χ1v) is 15.6. The second-order valence-electron chi connectivity index (χ2n) is 12.4. The average Bonchev–Trinajstić information content (AvgIpc) is 3.31. The summed E-state index contributed by atoms with van der Waals surface area (Å²) in [6.07, 6.45) is 13.7. The quantitative estimate of drug-likeness (QED) is 0.258. The molecule has 0 aromatic heterocycles. The zero-order valence-electron chi connectivity index (χ0n) is 26.6. The Kier molecular flexibility index (Phi) is 12.8. The van der Waals surface area contributed by atoms with E-state index in [1.165, 1.54) is 35.4 Å². The maximum atomic E-state index is 13.8. The van der Waals surface area contributed by atoms with Gasteiger partial charge < -0.3 is 15.0 Å². The minimum Gasteiger partial charge on any atom is -0.388 e. The van der Waals surface area contributed by atoms with E-state index in [0.717, 1.165) is 24.9 Å². The Hall–Kier alpha value is -3.40. The molecule has 0 saturated carbocycles. The highest BCUT2D eigenvalue weighted by atomic mass is 19.1. The third-order valence-electron chi connectivity index (χ3n) is 8.33. The molecular weight excluding hydrogens is 519 g/mol. The van der Waals surface area contributed by atoms with Gasteiger partial charge in [-0.1, -0.05) is 76.3 Å². The Balaban J connectivity index is 0.000000521.